The molecule has 0 aliphatic carbocycles. The second-order valence-corrected chi connectivity index (χ2v) is 6.08. The van der Waals surface area contributed by atoms with Gasteiger partial charge in [0.25, 0.3) is 0 Å². The Labute approximate surface area is 125 Å². The summed E-state index contributed by atoms with van der Waals surface area (Å²) < 4.78 is 15.1. The number of thiophene rings is 1. The first-order chi connectivity index (χ1) is 9.65. The van der Waals surface area contributed by atoms with Gasteiger partial charge in [-0.3, -0.25) is 0 Å². The summed E-state index contributed by atoms with van der Waals surface area (Å²) in [7, 11) is 0. The van der Waals surface area contributed by atoms with Crippen molar-refractivity contribution >= 4 is 33.0 Å². The maximum absolute atomic E-state index is 13.9. The number of nitrogens with two attached hydrogens (primary N) is 1. The van der Waals surface area contributed by atoms with E-state index in [1.807, 2.05) is 12.1 Å². The van der Waals surface area contributed by atoms with Gasteiger partial charge in [-0.05, 0) is 40.9 Å². The van der Waals surface area contributed by atoms with Crippen LogP contribution >= 0.6 is 22.9 Å². The van der Waals surface area contributed by atoms with Crippen LogP contribution in [0.2, 0.25) is 5.02 Å². The predicted octanol–water partition coefficient (Wildman–Crippen LogP) is 4.94. The molecule has 102 valence electrons. The van der Waals surface area contributed by atoms with Crippen molar-refractivity contribution < 1.29 is 4.39 Å². The fraction of sp³-hybridized carbons (Fsp3) is 0.125. The Bertz CT molecular complexity index is 753. The van der Waals surface area contributed by atoms with Gasteiger partial charge in [-0.25, -0.2) is 4.39 Å². The molecule has 0 fully saturated rings. The van der Waals surface area contributed by atoms with Crippen molar-refractivity contribution in [3.8, 4) is 0 Å². The third-order valence-electron chi connectivity index (χ3n) is 3.36. The molecule has 0 saturated carbocycles. The molecule has 1 heterocycles. The zero-order chi connectivity index (χ0) is 14.1. The van der Waals surface area contributed by atoms with Crippen molar-refractivity contribution in [1.82, 2.24) is 0 Å². The molecule has 1 aromatic heterocycles. The normalized spacial score (nSPS) is 12.8. The average molecular weight is 306 g/mol. The number of hydrogen-bond acceptors (Lipinski definition) is 2. The average Bonchev–Trinajstić information content (AvgIpc) is 2.82. The lowest BCUT2D eigenvalue weighted by molar-refractivity contribution is 0.581. The molecule has 0 aliphatic rings. The molecule has 0 amide bonds. The zero-order valence-corrected chi connectivity index (χ0v) is 12.2. The number of benzene rings is 2. The van der Waals surface area contributed by atoms with Crippen LogP contribution in [0.3, 0.4) is 0 Å². The molecule has 2 N–H and O–H groups in total. The summed E-state index contributed by atoms with van der Waals surface area (Å²) in [6, 6.07) is 12.5. The number of rotatable bonds is 3. The highest BCUT2D eigenvalue weighted by Crippen LogP contribution is 2.29. The van der Waals surface area contributed by atoms with Crippen molar-refractivity contribution in [3.63, 3.8) is 0 Å². The lowest BCUT2D eigenvalue weighted by Crippen LogP contribution is -2.14. The molecule has 0 saturated heterocycles. The molecular weight excluding hydrogens is 293 g/mol. The lowest BCUT2D eigenvalue weighted by Gasteiger charge is -2.13. The fourth-order valence-electron chi connectivity index (χ4n) is 2.34. The maximum Gasteiger partial charge on any atom is 0.129 e. The Morgan fingerprint density at radius 3 is 2.80 bits per heavy atom. The third kappa shape index (κ3) is 2.57. The van der Waals surface area contributed by atoms with Crippen LogP contribution in [0.15, 0.2) is 47.8 Å². The number of halogens is 2. The van der Waals surface area contributed by atoms with E-state index in [9.17, 15) is 4.39 Å². The van der Waals surface area contributed by atoms with Gasteiger partial charge in [0.1, 0.15) is 5.82 Å². The fourth-order valence-corrected chi connectivity index (χ4v) is 3.47. The van der Waals surface area contributed by atoms with Crippen LogP contribution in [0.1, 0.15) is 17.2 Å². The predicted molar refractivity (Wildman–Crippen MR) is 83.9 cm³/mol. The second kappa shape index (κ2) is 5.52. The molecule has 4 heteroatoms. The van der Waals surface area contributed by atoms with E-state index in [1.54, 1.807) is 23.5 Å². The molecule has 0 aliphatic heterocycles. The van der Waals surface area contributed by atoms with E-state index in [-0.39, 0.29) is 11.9 Å². The van der Waals surface area contributed by atoms with Gasteiger partial charge in [0.15, 0.2) is 0 Å². The highest BCUT2D eigenvalue weighted by Gasteiger charge is 2.14. The van der Waals surface area contributed by atoms with Crippen molar-refractivity contribution in [1.29, 1.82) is 0 Å². The van der Waals surface area contributed by atoms with Gasteiger partial charge in [-0.2, -0.15) is 0 Å². The Morgan fingerprint density at radius 1 is 1.20 bits per heavy atom. The molecule has 20 heavy (non-hydrogen) atoms. The molecule has 0 radical (unpaired) electrons. The molecule has 1 nitrogen and oxygen atoms in total. The van der Waals surface area contributed by atoms with Gasteiger partial charge < -0.3 is 5.73 Å². The maximum atomic E-state index is 13.9. The Kier molecular flexibility index (Phi) is 3.74. The van der Waals surface area contributed by atoms with Gasteiger partial charge >= 0.3 is 0 Å². The summed E-state index contributed by atoms with van der Waals surface area (Å²) in [6.45, 7) is 0. The van der Waals surface area contributed by atoms with E-state index in [1.165, 1.54) is 16.2 Å². The smallest absolute Gasteiger partial charge is 0.129 e. The summed E-state index contributed by atoms with van der Waals surface area (Å²) >= 11 is 7.45. The molecule has 2 aromatic carbocycles. The third-order valence-corrected chi connectivity index (χ3v) is 4.61. The van der Waals surface area contributed by atoms with Crippen molar-refractivity contribution in [3.05, 3.63) is 69.8 Å². The SMILES string of the molecule is NC(Cc1csc2ccccc12)c1ccc(Cl)cc1F. The summed E-state index contributed by atoms with van der Waals surface area (Å²) in [4.78, 5) is 0. The molecule has 0 spiro atoms. The van der Waals surface area contributed by atoms with Crippen LogP contribution in [0.5, 0.6) is 0 Å². The molecule has 3 aromatic rings. The second-order valence-electron chi connectivity index (χ2n) is 4.73. The minimum Gasteiger partial charge on any atom is -0.324 e. The molecular formula is C16H13ClFNS. The quantitative estimate of drug-likeness (QED) is 0.729. The largest absolute Gasteiger partial charge is 0.324 e. The highest BCUT2D eigenvalue weighted by atomic mass is 35.5. The van der Waals surface area contributed by atoms with E-state index < -0.39 is 0 Å². The van der Waals surface area contributed by atoms with E-state index >= 15 is 0 Å². The number of hydrogen-bond donors (Lipinski definition) is 1. The van der Waals surface area contributed by atoms with Crippen LogP contribution in [-0.4, -0.2) is 0 Å². The molecule has 1 unspecified atom stereocenters. The van der Waals surface area contributed by atoms with Crippen LogP contribution in [0.4, 0.5) is 4.39 Å². The summed E-state index contributed by atoms with van der Waals surface area (Å²) in [5, 5.41) is 3.68. The number of fused-ring (bicyclic) bond motifs is 1. The van der Waals surface area contributed by atoms with Gasteiger partial charge in [-0.15, -0.1) is 11.3 Å². The van der Waals surface area contributed by atoms with E-state index in [0.29, 0.717) is 17.0 Å². The van der Waals surface area contributed by atoms with Crippen LogP contribution in [-0.2, 0) is 6.42 Å². The van der Waals surface area contributed by atoms with E-state index in [4.69, 9.17) is 17.3 Å². The van der Waals surface area contributed by atoms with Crippen LogP contribution in [0.25, 0.3) is 10.1 Å². The van der Waals surface area contributed by atoms with Crippen LogP contribution < -0.4 is 5.73 Å². The Balaban J connectivity index is 1.90. The highest BCUT2D eigenvalue weighted by molar-refractivity contribution is 7.17. The van der Waals surface area contributed by atoms with E-state index in [0.717, 1.165) is 5.56 Å². The van der Waals surface area contributed by atoms with Gasteiger partial charge in [0, 0.05) is 21.3 Å². The van der Waals surface area contributed by atoms with Gasteiger partial charge in [0.05, 0.1) is 0 Å². The first-order valence-electron chi connectivity index (χ1n) is 6.31. The Hall–Kier alpha value is -1.42. The lowest BCUT2D eigenvalue weighted by atomic mass is 9.99. The van der Waals surface area contributed by atoms with Gasteiger partial charge in [0.2, 0.25) is 0 Å². The minimum atomic E-state index is -0.370. The monoisotopic (exact) mass is 305 g/mol. The zero-order valence-electron chi connectivity index (χ0n) is 10.6. The van der Waals surface area contributed by atoms with Crippen molar-refractivity contribution in [2.24, 2.45) is 5.73 Å². The molecule has 1 atom stereocenters. The minimum absolute atomic E-state index is 0.343. The first kappa shape index (κ1) is 13.6. The molecule has 0 bridgehead atoms. The topological polar surface area (TPSA) is 26.0 Å². The van der Waals surface area contributed by atoms with Gasteiger partial charge in [-0.1, -0.05) is 35.9 Å². The molecule has 3 rings (SSSR count). The van der Waals surface area contributed by atoms with E-state index in [2.05, 4.69) is 17.5 Å². The summed E-state index contributed by atoms with van der Waals surface area (Å²) in [5.41, 5.74) is 7.81. The first-order valence-corrected chi connectivity index (χ1v) is 7.56. The van der Waals surface area contributed by atoms with Crippen molar-refractivity contribution in [2.75, 3.05) is 0 Å². The Morgan fingerprint density at radius 2 is 2.00 bits per heavy atom. The van der Waals surface area contributed by atoms with Crippen LogP contribution in [0, 0.1) is 5.82 Å². The van der Waals surface area contributed by atoms with Crippen molar-refractivity contribution in [2.45, 2.75) is 12.5 Å². The summed E-state index contributed by atoms with van der Waals surface area (Å²) in [5.74, 6) is -0.343. The standard InChI is InChI=1S/C16H13ClFNS/c17-11-5-6-13(14(18)8-11)15(19)7-10-9-20-16-4-2-1-3-12(10)16/h1-6,8-9,15H,7,19H2. The summed E-state index contributed by atoms with van der Waals surface area (Å²) in [6.07, 6.45) is 0.614.